The van der Waals surface area contributed by atoms with Gasteiger partial charge >= 0.3 is 0 Å². The molecule has 0 fully saturated rings. The first kappa shape index (κ1) is 19.2. The van der Waals surface area contributed by atoms with Crippen LogP contribution >= 0.6 is 21.6 Å². The topological polar surface area (TPSA) is 21.3 Å². The molecule has 0 aliphatic carbocycles. The third kappa shape index (κ3) is 14.4. The van der Waals surface area contributed by atoms with E-state index in [-0.39, 0.29) is 10.2 Å². The van der Waals surface area contributed by atoms with E-state index in [1.807, 2.05) is 28.6 Å². The van der Waals surface area contributed by atoms with Crippen LogP contribution in [0, 0.1) is 17.8 Å². The van der Waals surface area contributed by atoms with Crippen LogP contribution < -0.4 is 5.32 Å². The fourth-order valence-electron chi connectivity index (χ4n) is 1.18. The lowest BCUT2D eigenvalue weighted by atomic mass is 10.2. The maximum atomic E-state index is 5.88. The molecule has 0 radical (unpaired) electrons. The lowest BCUT2D eigenvalue weighted by Crippen LogP contribution is -2.15. The predicted molar refractivity (Wildman–Crippen MR) is 90.4 cm³/mol. The van der Waals surface area contributed by atoms with Crippen molar-refractivity contribution in [2.24, 2.45) is 5.92 Å². The SMILES string of the molecule is CNCCCC(OCC#CC(C)C)SSC(C)(C)C. The minimum atomic E-state index is 0.235. The van der Waals surface area contributed by atoms with Gasteiger partial charge in [0, 0.05) is 10.7 Å². The van der Waals surface area contributed by atoms with Crippen molar-refractivity contribution < 1.29 is 4.74 Å². The highest BCUT2D eigenvalue weighted by molar-refractivity contribution is 8.77. The molecule has 112 valence electrons. The molecule has 1 N–H and O–H groups in total. The smallest absolute Gasteiger partial charge is 0.114 e. The Bertz CT molecular complexity index is 276. The lowest BCUT2D eigenvalue weighted by molar-refractivity contribution is 0.136. The van der Waals surface area contributed by atoms with Crippen LogP contribution in [0.2, 0.25) is 0 Å². The van der Waals surface area contributed by atoms with Gasteiger partial charge in [-0.15, -0.1) is 0 Å². The number of rotatable bonds is 8. The van der Waals surface area contributed by atoms with Crippen LogP contribution in [-0.2, 0) is 4.74 Å². The Morgan fingerprint density at radius 2 is 1.95 bits per heavy atom. The minimum Gasteiger partial charge on any atom is -0.354 e. The summed E-state index contributed by atoms with van der Waals surface area (Å²) in [5.41, 5.74) is 0.235. The molecule has 2 nitrogen and oxygen atoms in total. The van der Waals surface area contributed by atoms with Crippen molar-refractivity contribution in [2.75, 3.05) is 20.2 Å². The first-order valence-corrected chi connectivity index (χ1v) is 9.15. The zero-order valence-electron chi connectivity index (χ0n) is 13.2. The maximum Gasteiger partial charge on any atom is 0.114 e. The monoisotopic (exact) mass is 303 g/mol. The molecular formula is C15H29NOS2. The molecule has 0 aliphatic heterocycles. The molecule has 0 bridgehead atoms. The minimum absolute atomic E-state index is 0.235. The summed E-state index contributed by atoms with van der Waals surface area (Å²) >= 11 is 0. The summed E-state index contributed by atoms with van der Waals surface area (Å²) in [5.74, 6) is 6.65. The van der Waals surface area contributed by atoms with Crippen molar-refractivity contribution in [3.8, 4) is 11.8 Å². The second-order valence-electron chi connectivity index (χ2n) is 5.75. The van der Waals surface area contributed by atoms with Crippen LogP contribution in [0.4, 0.5) is 0 Å². The summed E-state index contributed by atoms with van der Waals surface area (Å²) in [7, 11) is 5.71. The molecular weight excluding hydrogens is 274 g/mol. The Kier molecular flexibility index (Phi) is 11.0. The van der Waals surface area contributed by atoms with Crippen molar-refractivity contribution in [1.29, 1.82) is 0 Å². The van der Waals surface area contributed by atoms with E-state index in [9.17, 15) is 0 Å². The number of hydrogen-bond acceptors (Lipinski definition) is 4. The Hall–Kier alpha value is 0.180. The van der Waals surface area contributed by atoms with E-state index in [1.54, 1.807) is 0 Å². The molecule has 0 spiro atoms. The second kappa shape index (κ2) is 10.9. The highest BCUT2D eigenvalue weighted by Gasteiger charge is 2.16. The molecule has 0 saturated carbocycles. The van der Waals surface area contributed by atoms with E-state index in [0.717, 1.165) is 19.4 Å². The Balaban J connectivity index is 4.07. The first-order valence-electron chi connectivity index (χ1n) is 6.94. The van der Waals surface area contributed by atoms with Crippen LogP contribution in [0.5, 0.6) is 0 Å². The summed E-state index contributed by atoms with van der Waals surface area (Å²) in [6, 6.07) is 0. The Morgan fingerprint density at radius 1 is 1.26 bits per heavy atom. The van der Waals surface area contributed by atoms with E-state index in [2.05, 4.69) is 51.8 Å². The second-order valence-corrected chi connectivity index (χ2v) is 8.94. The van der Waals surface area contributed by atoms with Gasteiger partial charge < -0.3 is 10.1 Å². The number of hydrogen-bond donors (Lipinski definition) is 1. The normalized spacial score (nSPS) is 13.2. The maximum absolute atomic E-state index is 5.88. The number of nitrogens with one attached hydrogen (secondary N) is 1. The molecule has 4 heteroatoms. The van der Waals surface area contributed by atoms with Gasteiger partial charge in [0.05, 0.1) is 0 Å². The fraction of sp³-hybridized carbons (Fsp3) is 0.867. The molecule has 0 amide bonds. The van der Waals surface area contributed by atoms with Crippen molar-refractivity contribution in [2.45, 2.75) is 57.6 Å². The Labute approximate surface area is 127 Å². The van der Waals surface area contributed by atoms with Gasteiger partial charge in [-0.1, -0.05) is 68.0 Å². The third-order valence-electron chi connectivity index (χ3n) is 2.00. The van der Waals surface area contributed by atoms with E-state index >= 15 is 0 Å². The van der Waals surface area contributed by atoms with Gasteiger partial charge in [0.2, 0.25) is 0 Å². The summed E-state index contributed by atoms with van der Waals surface area (Å²) < 4.78 is 6.14. The van der Waals surface area contributed by atoms with Crippen molar-refractivity contribution in [1.82, 2.24) is 5.32 Å². The van der Waals surface area contributed by atoms with Gasteiger partial charge in [0.15, 0.2) is 0 Å². The van der Waals surface area contributed by atoms with Gasteiger partial charge in [-0.25, -0.2) is 0 Å². The molecule has 0 aliphatic rings. The molecule has 0 rings (SSSR count). The predicted octanol–water partition coefficient (Wildman–Crippen LogP) is 4.17. The molecule has 19 heavy (non-hydrogen) atoms. The van der Waals surface area contributed by atoms with E-state index < -0.39 is 0 Å². The van der Waals surface area contributed by atoms with E-state index in [1.165, 1.54) is 0 Å². The van der Waals surface area contributed by atoms with Crippen LogP contribution in [-0.4, -0.2) is 30.4 Å². The summed E-state index contributed by atoms with van der Waals surface area (Å²) in [6.07, 6.45) is 2.20. The lowest BCUT2D eigenvalue weighted by Gasteiger charge is -2.21. The fourth-order valence-corrected chi connectivity index (χ4v) is 3.61. The number of ether oxygens (including phenoxy) is 1. The summed E-state index contributed by atoms with van der Waals surface area (Å²) in [6.45, 7) is 12.5. The van der Waals surface area contributed by atoms with E-state index in [0.29, 0.717) is 12.5 Å². The average Bonchev–Trinajstić information content (AvgIpc) is 2.29. The van der Waals surface area contributed by atoms with Crippen LogP contribution in [0.1, 0.15) is 47.5 Å². The average molecular weight is 304 g/mol. The first-order chi connectivity index (χ1) is 8.85. The largest absolute Gasteiger partial charge is 0.354 e. The van der Waals surface area contributed by atoms with Gasteiger partial charge in [-0.2, -0.15) is 0 Å². The van der Waals surface area contributed by atoms with E-state index in [4.69, 9.17) is 4.74 Å². The zero-order chi connectivity index (χ0) is 14.7. The highest BCUT2D eigenvalue weighted by atomic mass is 33.1. The Morgan fingerprint density at radius 3 is 2.47 bits per heavy atom. The van der Waals surface area contributed by atoms with Gasteiger partial charge in [0.1, 0.15) is 12.0 Å². The van der Waals surface area contributed by atoms with Gasteiger partial charge in [0.25, 0.3) is 0 Å². The zero-order valence-corrected chi connectivity index (χ0v) is 14.8. The molecule has 0 aromatic rings. The van der Waals surface area contributed by atoms with Gasteiger partial charge in [-0.05, 0) is 26.4 Å². The molecule has 0 heterocycles. The third-order valence-corrected chi connectivity index (χ3v) is 5.62. The van der Waals surface area contributed by atoms with Crippen LogP contribution in [0.3, 0.4) is 0 Å². The highest BCUT2D eigenvalue weighted by Crippen LogP contribution is 2.39. The van der Waals surface area contributed by atoms with Crippen molar-refractivity contribution >= 4 is 21.6 Å². The molecule has 1 atom stereocenters. The molecule has 0 aromatic heterocycles. The standard InChI is InChI=1S/C15H29NOS2/c1-13(2)9-8-12-17-14(10-7-11-16-6)18-19-15(3,4)5/h13-14,16H,7,10-12H2,1-6H3. The van der Waals surface area contributed by atoms with Crippen LogP contribution in [0.15, 0.2) is 0 Å². The van der Waals surface area contributed by atoms with Crippen LogP contribution in [0.25, 0.3) is 0 Å². The van der Waals surface area contributed by atoms with Crippen molar-refractivity contribution in [3.05, 3.63) is 0 Å². The molecule has 0 saturated heterocycles. The molecule has 0 aromatic carbocycles. The summed E-state index contributed by atoms with van der Waals surface area (Å²) in [4.78, 5) is 0. The summed E-state index contributed by atoms with van der Waals surface area (Å²) in [5, 5.41) is 3.18. The van der Waals surface area contributed by atoms with Crippen molar-refractivity contribution in [3.63, 3.8) is 0 Å². The molecule has 1 unspecified atom stereocenters. The van der Waals surface area contributed by atoms with Gasteiger partial charge in [-0.3, -0.25) is 0 Å². The quantitative estimate of drug-likeness (QED) is 0.314.